The Hall–Kier alpha value is -4.23. The van der Waals surface area contributed by atoms with Crippen LogP contribution in [0.5, 0.6) is 0 Å². The molecule has 0 atom stereocenters. The quantitative estimate of drug-likeness (QED) is 0.249. The number of rotatable bonds is 9. The van der Waals surface area contributed by atoms with Gasteiger partial charge in [-0.15, -0.1) is 10.2 Å². The first-order valence-corrected chi connectivity index (χ1v) is 12.7. The largest absolute Gasteiger partial charge is 0.333 e. The van der Waals surface area contributed by atoms with E-state index in [-0.39, 0.29) is 11.7 Å². The van der Waals surface area contributed by atoms with Gasteiger partial charge in [0.2, 0.25) is 5.91 Å². The van der Waals surface area contributed by atoms with Crippen molar-refractivity contribution in [2.45, 2.75) is 18.2 Å². The molecule has 0 aliphatic rings. The average Bonchev–Trinajstić information content (AvgIpc) is 3.37. The van der Waals surface area contributed by atoms with Crippen molar-refractivity contribution in [2.24, 2.45) is 0 Å². The number of aromatic nitrogens is 4. The number of hydrogen-bond acceptors (Lipinski definition) is 5. The molecule has 0 radical (unpaired) electrons. The summed E-state index contributed by atoms with van der Waals surface area (Å²) in [5, 5.41) is 9.58. The molecule has 2 aromatic heterocycles. The summed E-state index contributed by atoms with van der Waals surface area (Å²) in [6, 6.07) is 33.9. The number of benzene rings is 3. The lowest BCUT2D eigenvalue weighted by molar-refractivity contribution is -0.129. The Labute approximate surface area is 214 Å². The van der Waals surface area contributed by atoms with Gasteiger partial charge >= 0.3 is 0 Å². The van der Waals surface area contributed by atoms with Crippen LogP contribution in [0.25, 0.3) is 17.1 Å². The smallest absolute Gasteiger partial charge is 0.233 e. The molecule has 178 valence electrons. The van der Waals surface area contributed by atoms with Gasteiger partial charge < -0.3 is 4.90 Å². The number of carbonyl (C=O) groups excluding carboxylic acids is 1. The summed E-state index contributed by atoms with van der Waals surface area (Å²) in [7, 11) is 0. The number of hydrogen-bond donors (Lipinski definition) is 0. The molecular weight excluding hydrogens is 466 g/mol. The predicted molar refractivity (Wildman–Crippen MR) is 142 cm³/mol. The van der Waals surface area contributed by atoms with Crippen molar-refractivity contribution in [2.75, 3.05) is 5.75 Å². The second kappa shape index (κ2) is 11.5. The van der Waals surface area contributed by atoms with Crippen LogP contribution in [0, 0.1) is 0 Å². The van der Waals surface area contributed by atoms with E-state index in [4.69, 9.17) is 0 Å². The van der Waals surface area contributed by atoms with Crippen molar-refractivity contribution in [3.8, 4) is 17.1 Å². The summed E-state index contributed by atoms with van der Waals surface area (Å²) < 4.78 is 1.99. The maximum atomic E-state index is 13.5. The lowest BCUT2D eigenvalue weighted by Crippen LogP contribution is -2.31. The van der Waals surface area contributed by atoms with E-state index >= 15 is 0 Å². The van der Waals surface area contributed by atoms with Crippen LogP contribution in [0.15, 0.2) is 121 Å². The van der Waals surface area contributed by atoms with Gasteiger partial charge in [0.25, 0.3) is 0 Å². The number of amides is 1. The lowest BCUT2D eigenvalue weighted by Gasteiger charge is -2.23. The third-order valence-corrected chi connectivity index (χ3v) is 6.61. The first kappa shape index (κ1) is 23.5. The van der Waals surface area contributed by atoms with Crippen LogP contribution >= 0.6 is 11.8 Å². The highest BCUT2D eigenvalue weighted by atomic mass is 32.2. The molecule has 5 aromatic rings. The zero-order valence-corrected chi connectivity index (χ0v) is 20.5. The van der Waals surface area contributed by atoms with Crippen LogP contribution in [-0.4, -0.2) is 36.3 Å². The van der Waals surface area contributed by atoms with Gasteiger partial charge in [-0.05, 0) is 35.4 Å². The highest BCUT2D eigenvalue weighted by molar-refractivity contribution is 7.99. The average molecular weight is 492 g/mol. The van der Waals surface area contributed by atoms with E-state index in [1.54, 1.807) is 12.4 Å². The number of para-hydroxylation sites is 1. The molecule has 0 aliphatic carbocycles. The molecule has 0 fully saturated rings. The molecule has 1 amide bonds. The number of nitrogens with zero attached hydrogens (tertiary/aromatic N) is 5. The summed E-state index contributed by atoms with van der Waals surface area (Å²) in [6.07, 6.45) is 3.47. The molecule has 6 nitrogen and oxygen atoms in total. The van der Waals surface area contributed by atoms with Crippen LogP contribution in [0.1, 0.15) is 11.1 Å². The Bertz CT molecular complexity index is 1350. The normalized spacial score (nSPS) is 10.8. The minimum atomic E-state index is 0.0424. The second-order valence-corrected chi connectivity index (χ2v) is 9.17. The first-order chi connectivity index (χ1) is 17.8. The number of pyridine rings is 1. The van der Waals surface area contributed by atoms with E-state index < -0.39 is 0 Å². The fraction of sp³-hybridized carbons (Fsp3) is 0.103. The third-order valence-electron chi connectivity index (χ3n) is 5.70. The molecule has 0 unspecified atom stereocenters. The van der Waals surface area contributed by atoms with Crippen molar-refractivity contribution in [3.63, 3.8) is 0 Å². The van der Waals surface area contributed by atoms with Gasteiger partial charge in [-0.2, -0.15) is 0 Å². The van der Waals surface area contributed by atoms with Gasteiger partial charge in [-0.1, -0.05) is 90.6 Å². The van der Waals surface area contributed by atoms with Crippen LogP contribution < -0.4 is 0 Å². The molecule has 0 N–H and O–H groups in total. The van der Waals surface area contributed by atoms with Crippen LogP contribution in [0.4, 0.5) is 0 Å². The Morgan fingerprint density at radius 3 is 1.86 bits per heavy atom. The molecule has 0 bridgehead atoms. The summed E-state index contributed by atoms with van der Waals surface area (Å²) in [4.78, 5) is 19.5. The fourth-order valence-electron chi connectivity index (χ4n) is 3.92. The van der Waals surface area contributed by atoms with Gasteiger partial charge in [-0.3, -0.25) is 14.3 Å². The van der Waals surface area contributed by atoms with Crippen LogP contribution in [0.2, 0.25) is 0 Å². The number of thioether (sulfide) groups is 1. The highest BCUT2D eigenvalue weighted by Crippen LogP contribution is 2.28. The van der Waals surface area contributed by atoms with E-state index in [1.807, 2.05) is 113 Å². The second-order valence-electron chi connectivity index (χ2n) is 8.22. The Kier molecular flexibility index (Phi) is 7.49. The van der Waals surface area contributed by atoms with Gasteiger partial charge in [-0.25, -0.2) is 0 Å². The van der Waals surface area contributed by atoms with E-state index in [0.29, 0.717) is 24.1 Å². The zero-order chi connectivity index (χ0) is 24.6. The van der Waals surface area contributed by atoms with Crippen molar-refractivity contribution in [1.82, 2.24) is 24.6 Å². The monoisotopic (exact) mass is 491 g/mol. The molecule has 2 heterocycles. The van der Waals surface area contributed by atoms with Crippen molar-refractivity contribution >= 4 is 17.7 Å². The van der Waals surface area contributed by atoms with Gasteiger partial charge in [0, 0.05) is 36.7 Å². The SMILES string of the molecule is O=C(CSc1nnc(-c2ccncc2)n1-c1ccccc1)N(Cc1ccccc1)Cc1ccccc1. The maximum Gasteiger partial charge on any atom is 0.233 e. The Morgan fingerprint density at radius 1 is 0.722 bits per heavy atom. The fourth-order valence-corrected chi connectivity index (χ4v) is 4.77. The zero-order valence-electron chi connectivity index (χ0n) is 19.6. The molecule has 0 spiro atoms. The van der Waals surface area contributed by atoms with E-state index in [2.05, 4.69) is 15.2 Å². The van der Waals surface area contributed by atoms with Gasteiger partial charge in [0.05, 0.1) is 5.75 Å². The van der Waals surface area contributed by atoms with Crippen LogP contribution in [-0.2, 0) is 17.9 Å². The Balaban J connectivity index is 1.39. The van der Waals surface area contributed by atoms with Crippen LogP contribution in [0.3, 0.4) is 0 Å². The molecule has 5 rings (SSSR count). The third kappa shape index (κ3) is 5.70. The summed E-state index contributed by atoms with van der Waals surface area (Å²) in [6.45, 7) is 1.09. The molecule has 36 heavy (non-hydrogen) atoms. The molecule has 7 heteroatoms. The van der Waals surface area contributed by atoms with Crippen molar-refractivity contribution in [3.05, 3.63) is 127 Å². The molecular formula is C29H25N5OS. The first-order valence-electron chi connectivity index (χ1n) is 11.7. The van der Waals surface area contributed by atoms with E-state index in [0.717, 1.165) is 22.4 Å². The predicted octanol–water partition coefficient (Wildman–Crippen LogP) is 5.65. The Morgan fingerprint density at radius 2 is 1.28 bits per heavy atom. The summed E-state index contributed by atoms with van der Waals surface area (Å²) in [5.41, 5.74) is 4.04. The molecule has 0 aliphatic heterocycles. The maximum absolute atomic E-state index is 13.5. The van der Waals surface area contributed by atoms with Crippen molar-refractivity contribution < 1.29 is 4.79 Å². The van der Waals surface area contributed by atoms with Gasteiger partial charge in [0.15, 0.2) is 11.0 Å². The number of carbonyl (C=O) groups is 1. The standard InChI is InChI=1S/C29H25N5OS/c35-27(33(20-23-10-4-1-5-11-23)21-24-12-6-2-7-13-24)22-36-29-32-31-28(25-16-18-30-19-17-25)34(29)26-14-8-3-9-15-26/h1-19H,20-22H2. The van der Waals surface area contributed by atoms with E-state index in [9.17, 15) is 4.79 Å². The van der Waals surface area contributed by atoms with E-state index in [1.165, 1.54) is 11.8 Å². The minimum Gasteiger partial charge on any atom is -0.333 e. The molecule has 0 saturated heterocycles. The van der Waals surface area contributed by atoms with Gasteiger partial charge in [0.1, 0.15) is 0 Å². The lowest BCUT2D eigenvalue weighted by atomic mass is 10.1. The van der Waals surface area contributed by atoms with Crippen molar-refractivity contribution in [1.29, 1.82) is 0 Å². The highest BCUT2D eigenvalue weighted by Gasteiger charge is 2.20. The topological polar surface area (TPSA) is 63.9 Å². The summed E-state index contributed by atoms with van der Waals surface area (Å²) >= 11 is 1.40. The molecule has 3 aromatic carbocycles. The minimum absolute atomic E-state index is 0.0424. The molecule has 0 saturated carbocycles. The summed E-state index contributed by atoms with van der Waals surface area (Å²) in [5.74, 6) is 1.01.